The van der Waals surface area contributed by atoms with Crippen LogP contribution in [0.25, 0.3) is 0 Å². The van der Waals surface area contributed by atoms with Gasteiger partial charge < -0.3 is 101 Å². The fourth-order valence-electron chi connectivity index (χ4n) is 7.77. The Hall–Kier alpha value is -0.800. The molecule has 22 atom stereocenters. The van der Waals surface area contributed by atoms with Crippen molar-refractivity contribution in [1.29, 1.82) is 0 Å². The van der Waals surface area contributed by atoms with Crippen molar-refractivity contribution in [2.75, 3.05) is 39.6 Å². The lowest BCUT2D eigenvalue weighted by molar-refractivity contribution is -0.286. The molecule has 2 heterocycles. The summed E-state index contributed by atoms with van der Waals surface area (Å²) in [6, 6.07) is 0. The first kappa shape index (κ1) is 67.3. The Morgan fingerprint density at radius 3 is 0.621 bits per heavy atom. The lowest BCUT2D eigenvalue weighted by atomic mass is 9.80. The number of rotatable bonds is 12. The molecule has 0 spiro atoms. The molecule has 18 N–H and O–H groups in total. The van der Waals surface area contributed by atoms with E-state index in [-0.39, 0.29) is 50.1 Å². The summed E-state index contributed by atoms with van der Waals surface area (Å²) in [7, 11) is 0. The maximum Gasteiger partial charge on any atom is 0.184 e. The van der Waals surface area contributed by atoms with Gasteiger partial charge in [-0.25, -0.2) is 0 Å². The molecule has 0 aromatic rings. The van der Waals surface area contributed by atoms with E-state index in [9.17, 15) is 20.4 Å². The van der Waals surface area contributed by atoms with E-state index < -0.39 is 99.0 Å². The molecule has 66 heavy (non-hydrogen) atoms. The Bertz CT molecular complexity index is 1030. The minimum absolute atomic E-state index is 0.130. The summed E-state index contributed by atoms with van der Waals surface area (Å²) < 4.78 is 9.15. The molecular weight excluding hydrogens is 872 g/mol. The van der Waals surface area contributed by atoms with Gasteiger partial charge in [-0.3, -0.25) is 0 Å². The molecule has 20 nitrogen and oxygen atoms in total. The molecule has 2 unspecified atom stereocenters. The normalized spacial score (nSPS) is 38.3. The first-order chi connectivity index (χ1) is 30.5. The van der Waals surface area contributed by atoms with Gasteiger partial charge in [-0.05, 0) is 60.2 Å². The van der Waals surface area contributed by atoms with Crippen LogP contribution in [0.3, 0.4) is 0 Å². The second-order valence-corrected chi connectivity index (χ2v) is 20.1. The minimum atomic E-state index is -1.57. The Balaban J connectivity index is 0. The van der Waals surface area contributed by atoms with E-state index in [1.807, 2.05) is 0 Å². The Labute approximate surface area is 393 Å². The fourth-order valence-corrected chi connectivity index (χ4v) is 7.77. The molecule has 2 aliphatic carbocycles. The van der Waals surface area contributed by atoms with Gasteiger partial charge in [0.05, 0.1) is 37.6 Å². The van der Waals surface area contributed by atoms with Crippen LogP contribution in [0.2, 0.25) is 0 Å². The molecule has 20 heteroatoms. The minimum Gasteiger partial charge on any atom is -0.396 e. The third-order valence-electron chi connectivity index (χ3n) is 14.4. The zero-order valence-corrected chi connectivity index (χ0v) is 41.5. The van der Waals surface area contributed by atoms with Gasteiger partial charge in [0.25, 0.3) is 0 Å². The van der Waals surface area contributed by atoms with E-state index in [1.54, 1.807) is 0 Å². The number of ether oxygens (including phenoxy) is 2. The predicted molar refractivity (Wildman–Crippen MR) is 244 cm³/mol. The van der Waals surface area contributed by atoms with Gasteiger partial charge in [0.15, 0.2) is 12.6 Å². The lowest BCUT2D eigenvalue weighted by Crippen LogP contribution is -2.58. The molecule has 4 fully saturated rings. The second kappa shape index (κ2) is 33.7. The van der Waals surface area contributed by atoms with Gasteiger partial charge in [0, 0.05) is 50.1 Å². The summed E-state index contributed by atoms with van der Waals surface area (Å²) in [5, 5.41) is 161. The summed E-state index contributed by atoms with van der Waals surface area (Å²) in [6.07, 6.45) is -16.6. The standard InChI is InChI=1S/2C10H22.2C7H14O4.2C6H12O6/c2*1-7(2)9(5)10(6)8(3)4;2*8-2-4-1-5(3-9)7(11)6(4)10;2*7-1-2-3(8)4(9)5(10)6(11)12-2/h2*7-10H,1-6H3;2*4-11H,1-3H2;2*2-11H,1H2/t2*9-,10-;2*4-,5+,6-,7-;2-,3+,4-,5-,6?;2-,3-,4+,5-,6?/m111101/s1. The molecule has 4 aliphatic rings. The molecule has 2 saturated heterocycles. The van der Waals surface area contributed by atoms with E-state index in [2.05, 4.69) is 92.6 Å². The Morgan fingerprint density at radius 1 is 0.288 bits per heavy atom. The van der Waals surface area contributed by atoms with Crippen LogP contribution < -0.4 is 0 Å². The van der Waals surface area contributed by atoms with Crippen molar-refractivity contribution in [2.24, 2.45) is 71.0 Å². The third-order valence-corrected chi connectivity index (χ3v) is 14.4. The van der Waals surface area contributed by atoms with E-state index in [4.69, 9.17) is 71.5 Å². The molecule has 0 aromatic heterocycles. The van der Waals surface area contributed by atoms with Crippen molar-refractivity contribution in [3.8, 4) is 0 Å². The highest BCUT2D eigenvalue weighted by atomic mass is 16.6. The smallest absolute Gasteiger partial charge is 0.184 e. The molecule has 0 aromatic carbocycles. The van der Waals surface area contributed by atoms with Crippen molar-refractivity contribution in [2.45, 2.75) is 182 Å². The average Bonchev–Trinajstić information content (AvgIpc) is 3.74. The molecule has 0 radical (unpaired) electrons. The monoisotopic (exact) mass is 969 g/mol. The van der Waals surface area contributed by atoms with Crippen LogP contribution in [0.4, 0.5) is 0 Å². The summed E-state index contributed by atoms with van der Waals surface area (Å²) in [5.41, 5.74) is 0. The molecule has 0 bridgehead atoms. The number of hydrogen-bond acceptors (Lipinski definition) is 20. The summed E-state index contributed by atoms with van der Waals surface area (Å²) in [6.45, 7) is 26.3. The van der Waals surface area contributed by atoms with Crippen molar-refractivity contribution in [3.63, 3.8) is 0 Å². The second-order valence-electron chi connectivity index (χ2n) is 20.1. The van der Waals surface area contributed by atoms with E-state index >= 15 is 0 Å². The van der Waals surface area contributed by atoms with E-state index in [0.717, 1.165) is 47.3 Å². The highest BCUT2D eigenvalue weighted by Crippen LogP contribution is 2.32. The van der Waals surface area contributed by atoms with Gasteiger partial charge in [-0.1, -0.05) is 83.1 Å². The topological polar surface area (TPSA) is 383 Å². The Kier molecular flexibility index (Phi) is 34.4. The van der Waals surface area contributed by atoms with Gasteiger partial charge >= 0.3 is 0 Å². The average molecular weight is 969 g/mol. The van der Waals surface area contributed by atoms with Crippen LogP contribution in [0.15, 0.2) is 0 Å². The van der Waals surface area contributed by atoms with Crippen LogP contribution in [0.1, 0.15) is 95.9 Å². The SMILES string of the molecule is CC(C)[C@@H](C)[C@H](C)C(C)C.CC(C)[C@@H](C)[C@H](C)C(C)C.OC[C@@H]1C[C@H](CO)[C@@H](O)[C@@H]1O.OC[C@@H]1C[C@H](CO)[C@@H](O)[C@@H]1O.OC[C@@H]1OC(O)[C@@H](O)[C@@H](O)[C@@H]1O.OC[C@H]1OC(O)[C@H](O)[C@@H](O)[C@@H]1O. The highest BCUT2D eigenvalue weighted by Gasteiger charge is 2.44. The van der Waals surface area contributed by atoms with E-state index in [0.29, 0.717) is 12.8 Å². The first-order valence-electron chi connectivity index (χ1n) is 23.6. The van der Waals surface area contributed by atoms with Gasteiger partial charge in [-0.15, -0.1) is 0 Å². The first-order valence-corrected chi connectivity index (χ1v) is 23.6. The molecule has 2 saturated carbocycles. The zero-order valence-electron chi connectivity index (χ0n) is 41.5. The molecule has 4 rings (SSSR count). The van der Waals surface area contributed by atoms with Crippen molar-refractivity contribution in [3.05, 3.63) is 0 Å². The maximum absolute atomic E-state index is 9.24. The molecular formula is C46H96O20. The number of hydrogen-bond donors (Lipinski definition) is 18. The quantitative estimate of drug-likeness (QED) is 0.0950. The molecule has 2 aliphatic heterocycles. The van der Waals surface area contributed by atoms with Crippen LogP contribution in [-0.4, -0.2) is 217 Å². The Morgan fingerprint density at radius 2 is 0.485 bits per heavy atom. The van der Waals surface area contributed by atoms with Crippen molar-refractivity contribution < 1.29 is 101 Å². The van der Waals surface area contributed by atoms with Crippen molar-refractivity contribution in [1.82, 2.24) is 0 Å². The maximum atomic E-state index is 9.24. The summed E-state index contributed by atoms with van der Waals surface area (Å²) >= 11 is 0. The third kappa shape index (κ3) is 21.3. The molecule has 0 amide bonds. The molecule has 400 valence electrons. The van der Waals surface area contributed by atoms with Gasteiger partial charge in [0.1, 0.15) is 48.8 Å². The predicted octanol–water partition coefficient (Wildman–Crippen LogP) is -2.64. The van der Waals surface area contributed by atoms with Crippen molar-refractivity contribution >= 4 is 0 Å². The lowest BCUT2D eigenvalue weighted by Gasteiger charge is -2.37. The number of aliphatic hydroxyl groups excluding tert-OH is 18. The van der Waals surface area contributed by atoms with Crippen LogP contribution in [0.5, 0.6) is 0 Å². The zero-order chi connectivity index (χ0) is 52.1. The van der Waals surface area contributed by atoms with Crippen LogP contribution in [-0.2, 0) is 9.47 Å². The van der Waals surface area contributed by atoms with E-state index in [1.165, 1.54) is 0 Å². The van der Waals surface area contributed by atoms with Crippen LogP contribution >= 0.6 is 0 Å². The van der Waals surface area contributed by atoms with Gasteiger partial charge in [-0.2, -0.15) is 0 Å². The largest absolute Gasteiger partial charge is 0.396 e. The highest BCUT2D eigenvalue weighted by molar-refractivity contribution is 4.92. The van der Waals surface area contributed by atoms with Crippen LogP contribution in [0, 0.1) is 71.0 Å². The summed E-state index contributed by atoms with van der Waals surface area (Å²) in [4.78, 5) is 0. The number of aliphatic hydroxyl groups is 18. The fraction of sp³-hybridized carbons (Fsp3) is 1.00. The van der Waals surface area contributed by atoms with Gasteiger partial charge in [0.2, 0.25) is 0 Å². The summed E-state index contributed by atoms with van der Waals surface area (Å²) in [5.74, 6) is 5.66.